The second-order valence-corrected chi connectivity index (χ2v) is 21.5. The summed E-state index contributed by atoms with van der Waals surface area (Å²) in [5, 5.41) is 114. The van der Waals surface area contributed by atoms with Crippen molar-refractivity contribution < 1.29 is 89.1 Å². The highest BCUT2D eigenvalue weighted by atomic mass is 16.3. The molecule has 0 saturated carbocycles. The van der Waals surface area contributed by atoms with Gasteiger partial charge in [-0.3, -0.25) is 43.2 Å². The van der Waals surface area contributed by atoms with Gasteiger partial charge in [0.2, 0.25) is 53.2 Å². The van der Waals surface area contributed by atoms with Gasteiger partial charge in [0.15, 0.2) is 6.23 Å². The van der Waals surface area contributed by atoms with E-state index in [1.54, 1.807) is 0 Å². The van der Waals surface area contributed by atoms with Crippen molar-refractivity contribution in [1.29, 1.82) is 0 Å². The molecule has 450 valence electrons. The molecule has 3 fully saturated rings. The lowest BCUT2D eigenvalue weighted by Crippen LogP contribution is -2.64. The highest BCUT2D eigenvalue weighted by Crippen LogP contribution is 2.31. The number of phenolic OH excluding ortho intramolecular Hbond substituents is 1. The molecule has 3 heterocycles. The highest BCUT2D eigenvalue weighted by Gasteiger charge is 2.49. The first-order valence-electron chi connectivity index (χ1n) is 27.4. The SMILES string of the molecule is CCC(C)CC(C)CCCCCCCCC(=O)N[C@H]1C[C@H](O)[C@H](O)NC(=O)[C@@H]2[C@@H](O)CCN2C(=O)[C@H]([C@H](O)CC(N)=O)NC(=O)[C@H]([C@H](O)[C@@H](O)c2ccc(O)c(NC(=O)CN)c2)NC(=O)[C@@H]2C[C@@H](O)CN2C(=O)[C@H]([C@H](C)O)NC1=O. The monoisotopic (exact) mass is 1140 g/mol. The maximum atomic E-state index is 14.5. The Kier molecular flexibility index (Phi) is 25.9. The van der Waals surface area contributed by atoms with Crippen molar-refractivity contribution in [3.63, 3.8) is 0 Å². The van der Waals surface area contributed by atoms with Crippen molar-refractivity contribution in [2.45, 2.75) is 203 Å². The Hall–Kier alpha value is -6.11. The molecule has 16 atom stereocenters. The van der Waals surface area contributed by atoms with E-state index in [2.05, 4.69) is 47.4 Å². The third-order valence-corrected chi connectivity index (χ3v) is 14.9. The number of unbranched alkanes of at least 4 members (excludes halogenated alkanes) is 5. The molecule has 0 aliphatic carbocycles. The summed E-state index contributed by atoms with van der Waals surface area (Å²) in [5.41, 5.74) is 10.1. The maximum absolute atomic E-state index is 14.5. The number of aliphatic hydroxyl groups excluding tert-OH is 8. The van der Waals surface area contributed by atoms with Gasteiger partial charge < -0.3 is 99.1 Å². The molecule has 1 aromatic rings. The number of aliphatic hydroxyl groups is 8. The minimum atomic E-state index is -2.51. The van der Waals surface area contributed by atoms with Gasteiger partial charge in [-0.05, 0) is 55.7 Å². The van der Waals surface area contributed by atoms with Gasteiger partial charge >= 0.3 is 0 Å². The Balaban J connectivity index is 1.73. The number of phenols is 1. The topological polar surface area (TPSA) is 466 Å². The van der Waals surface area contributed by atoms with Crippen LogP contribution in [0.4, 0.5) is 5.69 Å². The van der Waals surface area contributed by atoms with Crippen molar-refractivity contribution >= 4 is 58.9 Å². The number of anilines is 1. The number of fused-ring (bicyclic) bond motifs is 2. The lowest BCUT2D eigenvalue weighted by atomic mass is 9.91. The van der Waals surface area contributed by atoms with Gasteiger partial charge in [0.05, 0.1) is 43.1 Å². The summed E-state index contributed by atoms with van der Waals surface area (Å²) in [4.78, 5) is 125. The van der Waals surface area contributed by atoms with E-state index in [4.69, 9.17) is 11.5 Å². The molecule has 28 heteroatoms. The third-order valence-electron chi connectivity index (χ3n) is 14.9. The number of hydrogen-bond acceptors (Lipinski definition) is 19. The summed E-state index contributed by atoms with van der Waals surface area (Å²) < 4.78 is 0. The van der Waals surface area contributed by atoms with Crippen LogP contribution in [-0.4, -0.2) is 208 Å². The molecule has 0 radical (unpaired) electrons. The lowest BCUT2D eigenvalue weighted by molar-refractivity contribution is -0.149. The second-order valence-electron chi connectivity index (χ2n) is 21.5. The molecule has 3 saturated heterocycles. The minimum Gasteiger partial charge on any atom is -0.506 e. The number of nitrogens with two attached hydrogens (primary N) is 2. The summed E-state index contributed by atoms with van der Waals surface area (Å²) >= 11 is 0. The fraction of sp³-hybridized carbons (Fsp3) is 0.712. The summed E-state index contributed by atoms with van der Waals surface area (Å²) in [7, 11) is 0. The molecular formula is C52H84N10O18. The van der Waals surface area contributed by atoms with Gasteiger partial charge in [0.1, 0.15) is 60.3 Å². The average molecular weight is 1140 g/mol. The van der Waals surface area contributed by atoms with Crippen LogP contribution < -0.4 is 43.4 Å². The van der Waals surface area contributed by atoms with Crippen LogP contribution in [0.3, 0.4) is 0 Å². The standard InChI is InChI=1S/C52H84N10O18/c1-5-25(2)18-26(3)12-10-8-6-7-9-11-13-38(70)56-31-21-36(68)48(76)60-50(78)43-34(66)16-17-61(43)52(80)41(35(67)22-37(54)69)58-49(77)42(45(73)44(72)28-14-15-33(65)30(19-28)55-39(71)23-53)59-47(75)32-20-29(64)24-62(32)51(79)40(27(4)63)57-46(31)74/h14-15,19,25-27,29,31-32,34-36,40-45,48,63-68,72-73,76H,5-13,16-18,20-24,53H2,1-4H3,(H2,54,69)(H,55,71)(H,56,70)(H,57,74)(H,58,77)(H,59,75)(H,60,78)/t25?,26?,27-,29+,31-,32-,34-,35+,36-,40-,41-,42-,43-,44-,45-,48-/m0/s1. The molecule has 9 amide bonds. The lowest BCUT2D eigenvalue weighted by Gasteiger charge is -2.34. The van der Waals surface area contributed by atoms with E-state index in [0.717, 1.165) is 68.5 Å². The minimum absolute atomic E-state index is 0.0993. The number of nitrogens with zero attached hydrogens (tertiary/aromatic N) is 2. The Morgan fingerprint density at radius 2 is 1.36 bits per heavy atom. The molecule has 1 aromatic carbocycles. The molecule has 0 bridgehead atoms. The largest absolute Gasteiger partial charge is 0.506 e. The van der Waals surface area contributed by atoms with Crippen LogP contribution in [0.2, 0.25) is 0 Å². The normalized spacial score (nSPS) is 27.9. The number of primary amides is 1. The number of hydrogen-bond donors (Lipinski definition) is 17. The molecule has 3 aliphatic heterocycles. The van der Waals surface area contributed by atoms with Gasteiger partial charge in [-0.1, -0.05) is 71.8 Å². The molecule has 3 aliphatic rings. The van der Waals surface area contributed by atoms with Crippen molar-refractivity contribution in [1.82, 2.24) is 36.4 Å². The number of carbonyl (C=O) groups is 9. The Morgan fingerprint density at radius 3 is 2.00 bits per heavy atom. The van der Waals surface area contributed by atoms with Crippen LogP contribution in [0.5, 0.6) is 5.75 Å². The van der Waals surface area contributed by atoms with E-state index < -0.39 is 183 Å². The zero-order valence-electron chi connectivity index (χ0n) is 45.7. The first-order chi connectivity index (χ1) is 37.7. The van der Waals surface area contributed by atoms with Gasteiger partial charge in [-0.2, -0.15) is 0 Å². The second kappa shape index (κ2) is 31.2. The molecular weight excluding hydrogens is 1050 g/mol. The van der Waals surface area contributed by atoms with Gasteiger partial charge in [-0.15, -0.1) is 0 Å². The predicted molar refractivity (Wildman–Crippen MR) is 283 cm³/mol. The number of nitrogens with one attached hydrogen (secondary N) is 6. The van der Waals surface area contributed by atoms with Crippen LogP contribution in [0.25, 0.3) is 0 Å². The predicted octanol–water partition coefficient (Wildman–Crippen LogP) is -4.44. The summed E-state index contributed by atoms with van der Waals surface area (Å²) in [6.45, 7) is 6.09. The summed E-state index contributed by atoms with van der Waals surface area (Å²) in [6, 6.07) is -9.31. The van der Waals surface area contributed by atoms with Gasteiger partial charge in [-0.25, -0.2) is 0 Å². The number of carbonyl (C=O) groups excluding carboxylic acids is 9. The van der Waals surface area contributed by atoms with Crippen LogP contribution in [-0.2, 0) is 43.2 Å². The third kappa shape index (κ3) is 18.7. The molecule has 4 rings (SSSR count). The Bertz CT molecular complexity index is 2310. The number of aromatic hydroxyl groups is 1. The smallest absolute Gasteiger partial charge is 0.248 e. The first-order valence-corrected chi connectivity index (χ1v) is 27.4. The van der Waals surface area contributed by atoms with Gasteiger partial charge in [0.25, 0.3) is 0 Å². The van der Waals surface area contributed by atoms with Crippen molar-refractivity contribution in [3.8, 4) is 5.75 Å². The van der Waals surface area contributed by atoms with Crippen LogP contribution in [0.1, 0.15) is 129 Å². The summed E-state index contributed by atoms with van der Waals surface area (Å²) in [6.07, 6.45) is -11.0. The molecule has 0 spiro atoms. The van der Waals surface area contributed by atoms with Crippen molar-refractivity contribution in [2.75, 3.05) is 25.0 Å². The molecule has 28 nitrogen and oxygen atoms in total. The van der Waals surface area contributed by atoms with E-state index in [1.165, 1.54) is 6.42 Å². The zero-order valence-corrected chi connectivity index (χ0v) is 45.7. The number of benzene rings is 1. The van der Waals surface area contributed by atoms with Crippen molar-refractivity contribution in [3.05, 3.63) is 23.8 Å². The quantitative estimate of drug-likeness (QED) is 0.0385. The van der Waals surface area contributed by atoms with Crippen LogP contribution in [0.15, 0.2) is 18.2 Å². The van der Waals surface area contributed by atoms with Crippen molar-refractivity contribution in [2.24, 2.45) is 23.3 Å². The van der Waals surface area contributed by atoms with E-state index in [9.17, 15) is 89.1 Å². The Labute approximate surface area is 463 Å². The fourth-order valence-electron chi connectivity index (χ4n) is 10.2. The van der Waals surface area contributed by atoms with Gasteiger partial charge in [0, 0.05) is 32.4 Å². The molecule has 19 N–H and O–H groups in total. The fourth-order valence-corrected chi connectivity index (χ4v) is 10.2. The molecule has 0 aromatic heterocycles. The zero-order chi connectivity index (χ0) is 59.7. The summed E-state index contributed by atoms with van der Waals surface area (Å²) in [5.74, 6) is -10.0. The first kappa shape index (κ1) is 66.4. The van der Waals surface area contributed by atoms with E-state index in [-0.39, 0.29) is 24.1 Å². The number of rotatable bonds is 22. The van der Waals surface area contributed by atoms with E-state index >= 15 is 0 Å². The van der Waals surface area contributed by atoms with E-state index in [0.29, 0.717) is 29.6 Å². The number of amides is 9. The molecule has 80 heavy (non-hydrogen) atoms. The van der Waals surface area contributed by atoms with E-state index in [1.807, 2.05) is 5.32 Å². The maximum Gasteiger partial charge on any atom is 0.248 e. The van der Waals surface area contributed by atoms with Crippen LogP contribution in [0, 0.1) is 11.8 Å². The average Bonchev–Trinajstić information content (AvgIpc) is 4.00. The Morgan fingerprint density at radius 1 is 0.738 bits per heavy atom. The van der Waals surface area contributed by atoms with Crippen LogP contribution >= 0.6 is 0 Å². The molecule has 2 unspecified atom stereocenters. The highest BCUT2D eigenvalue weighted by molar-refractivity contribution is 5.99.